The van der Waals surface area contributed by atoms with Crippen molar-refractivity contribution >= 4 is 21.6 Å². The van der Waals surface area contributed by atoms with Crippen molar-refractivity contribution in [3.63, 3.8) is 0 Å². The summed E-state index contributed by atoms with van der Waals surface area (Å²) >= 11 is 1.44. The second-order valence-electron chi connectivity index (χ2n) is 9.50. The molecule has 6 rings (SSSR count). The van der Waals surface area contributed by atoms with E-state index in [-0.39, 0.29) is 11.7 Å². The third-order valence-corrected chi connectivity index (χ3v) is 8.23. The van der Waals surface area contributed by atoms with Gasteiger partial charge < -0.3 is 9.64 Å². The van der Waals surface area contributed by atoms with Crippen molar-refractivity contribution in [1.29, 1.82) is 0 Å². The maximum Gasteiger partial charge on any atom is 0.275 e. The second kappa shape index (κ2) is 7.75. The first-order valence-electron chi connectivity index (χ1n) is 11.6. The van der Waals surface area contributed by atoms with E-state index in [0.29, 0.717) is 22.7 Å². The number of piperidine rings is 1. The Morgan fingerprint density at radius 2 is 1.91 bits per heavy atom. The highest BCUT2D eigenvalue weighted by atomic mass is 32.1. The van der Waals surface area contributed by atoms with E-state index < -0.39 is 0 Å². The lowest BCUT2D eigenvalue weighted by Gasteiger charge is -2.36. The van der Waals surface area contributed by atoms with Crippen LogP contribution in [0.3, 0.4) is 0 Å². The van der Waals surface area contributed by atoms with Gasteiger partial charge >= 0.3 is 0 Å². The molecule has 2 saturated heterocycles. The SMILES string of the molecule is Cc1cc(O[C@H]2C[C@H]3CC[C@@H](C2)N3C)ccc1-n1cnc2cc(C#CC3CC3)sc2c1=O. The standard InChI is InChI=1S/C26H27N3O2S/c1-16-11-20(31-21-12-18-6-7-19(13-21)28(18)2)8-10-24(16)29-15-27-23-14-22(9-5-17-3-4-17)32-25(23)26(29)30/h8,10-11,14-15,17-19,21H,3-4,6-7,12-13H2,1-2H3/t18-,19+,21+. The van der Waals surface area contributed by atoms with Gasteiger partial charge in [-0.25, -0.2) is 4.98 Å². The van der Waals surface area contributed by atoms with Crippen molar-refractivity contribution in [3.05, 3.63) is 51.4 Å². The van der Waals surface area contributed by atoms with Crippen LogP contribution in [0.4, 0.5) is 0 Å². The number of hydrogen-bond acceptors (Lipinski definition) is 5. The first-order chi connectivity index (χ1) is 15.5. The predicted molar refractivity (Wildman–Crippen MR) is 128 cm³/mol. The number of fused-ring (bicyclic) bond motifs is 3. The predicted octanol–water partition coefficient (Wildman–Crippen LogP) is 4.52. The molecular weight excluding hydrogens is 418 g/mol. The first kappa shape index (κ1) is 20.0. The topological polar surface area (TPSA) is 47.4 Å². The van der Waals surface area contributed by atoms with Crippen molar-refractivity contribution in [2.75, 3.05) is 7.05 Å². The summed E-state index contributed by atoms with van der Waals surface area (Å²) in [6, 6.07) is 9.25. The van der Waals surface area contributed by atoms with Gasteiger partial charge in [-0.15, -0.1) is 11.3 Å². The van der Waals surface area contributed by atoms with Gasteiger partial charge in [0.15, 0.2) is 0 Å². The fraction of sp³-hybridized carbons (Fsp3) is 0.462. The fourth-order valence-electron chi connectivity index (χ4n) is 5.17. The van der Waals surface area contributed by atoms with E-state index in [1.807, 2.05) is 31.2 Å². The van der Waals surface area contributed by atoms with Crippen LogP contribution in [0.15, 0.2) is 35.4 Å². The summed E-state index contributed by atoms with van der Waals surface area (Å²) in [4.78, 5) is 21.2. The normalized spacial score (nSPS) is 25.0. The number of nitrogens with zero attached hydrogens (tertiary/aromatic N) is 3. The molecule has 2 aliphatic heterocycles. The van der Waals surface area contributed by atoms with Gasteiger partial charge in [-0.3, -0.25) is 9.36 Å². The Morgan fingerprint density at radius 1 is 1.12 bits per heavy atom. The Labute approximate surface area is 192 Å². The number of ether oxygens (including phenoxy) is 1. The maximum atomic E-state index is 13.2. The molecule has 2 bridgehead atoms. The molecule has 0 N–H and O–H groups in total. The molecule has 0 spiro atoms. The summed E-state index contributed by atoms with van der Waals surface area (Å²) in [6.45, 7) is 2.03. The molecule has 3 aromatic rings. The quantitative estimate of drug-likeness (QED) is 0.556. The maximum absolute atomic E-state index is 13.2. The minimum absolute atomic E-state index is 0.0388. The number of aryl methyl sites for hydroxylation is 1. The van der Waals surface area contributed by atoms with Crippen LogP contribution >= 0.6 is 11.3 Å². The summed E-state index contributed by atoms with van der Waals surface area (Å²) in [5, 5.41) is 0. The third kappa shape index (κ3) is 3.64. The van der Waals surface area contributed by atoms with Crippen LogP contribution in [0.25, 0.3) is 15.9 Å². The van der Waals surface area contributed by atoms with E-state index in [1.165, 1.54) is 37.0 Å². The molecule has 1 aromatic carbocycles. The van der Waals surface area contributed by atoms with Gasteiger partial charge in [-0.05, 0) is 82.3 Å². The number of benzene rings is 1. The molecule has 4 heterocycles. The van der Waals surface area contributed by atoms with E-state index in [0.717, 1.165) is 40.2 Å². The largest absolute Gasteiger partial charge is 0.490 e. The Morgan fingerprint density at radius 3 is 2.62 bits per heavy atom. The van der Waals surface area contributed by atoms with Gasteiger partial charge in [0.25, 0.3) is 5.56 Å². The molecule has 2 aromatic heterocycles. The molecule has 3 aliphatic rings. The molecule has 0 radical (unpaired) electrons. The van der Waals surface area contributed by atoms with E-state index in [1.54, 1.807) is 10.9 Å². The molecule has 164 valence electrons. The molecule has 5 nitrogen and oxygen atoms in total. The molecule has 1 aliphatic carbocycles. The molecule has 32 heavy (non-hydrogen) atoms. The fourth-order valence-corrected chi connectivity index (χ4v) is 6.07. The van der Waals surface area contributed by atoms with Crippen LogP contribution in [0.1, 0.15) is 49.0 Å². The van der Waals surface area contributed by atoms with Gasteiger partial charge in [0.1, 0.15) is 22.9 Å². The smallest absolute Gasteiger partial charge is 0.275 e. The summed E-state index contributed by atoms with van der Waals surface area (Å²) in [5.74, 6) is 7.91. The third-order valence-electron chi connectivity index (χ3n) is 7.20. The van der Waals surface area contributed by atoms with E-state index in [4.69, 9.17) is 4.74 Å². The van der Waals surface area contributed by atoms with E-state index in [2.05, 4.69) is 28.8 Å². The Kier molecular flexibility index (Phi) is 4.85. The molecule has 3 fully saturated rings. The molecule has 0 unspecified atom stereocenters. The van der Waals surface area contributed by atoms with Gasteiger partial charge in [0.2, 0.25) is 0 Å². The Balaban J connectivity index is 1.25. The van der Waals surface area contributed by atoms with Crippen LogP contribution in [0, 0.1) is 24.7 Å². The summed E-state index contributed by atoms with van der Waals surface area (Å²) in [7, 11) is 2.25. The van der Waals surface area contributed by atoms with E-state index >= 15 is 0 Å². The minimum Gasteiger partial charge on any atom is -0.490 e. The van der Waals surface area contributed by atoms with Crippen molar-refractivity contribution in [2.24, 2.45) is 5.92 Å². The number of thiophene rings is 1. The van der Waals surface area contributed by atoms with Crippen LogP contribution in [-0.2, 0) is 0 Å². The Bertz CT molecular complexity index is 1300. The molecule has 1 saturated carbocycles. The number of aromatic nitrogens is 2. The van der Waals surface area contributed by atoms with Crippen LogP contribution in [0.5, 0.6) is 5.75 Å². The molecule has 3 atom stereocenters. The van der Waals surface area contributed by atoms with Crippen LogP contribution < -0.4 is 10.3 Å². The summed E-state index contributed by atoms with van der Waals surface area (Å²) < 4.78 is 8.67. The van der Waals surface area contributed by atoms with Gasteiger partial charge in [-0.1, -0.05) is 11.8 Å². The van der Waals surface area contributed by atoms with E-state index in [9.17, 15) is 4.79 Å². The lowest BCUT2D eigenvalue weighted by atomic mass is 10.0. The van der Waals surface area contributed by atoms with Crippen molar-refractivity contribution < 1.29 is 4.74 Å². The summed E-state index contributed by atoms with van der Waals surface area (Å²) in [5.41, 5.74) is 2.54. The zero-order chi connectivity index (χ0) is 21.8. The zero-order valence-electron chi connectivity index (χ0n) is 18.5. The van der Waals surface area contributed by atoms with Crippen LogP contribution in [0.2, 0.25) is 0 Å². The van der Waals surface area contributed by atoms with Crippen molar-refractivity contribution in [2.45, 2.75) is 63.6 Å². The molecular formula is C26H27N3O2S. The Hall–Kier alpha value is -2.62. The highest BCUT2D eigenvalue weighted by Crippen LogP contribution is 2.36. The highest BCUT2D eigenvalue weighted by molar-refractivity contribution is 7.19. The summed E-state index contributed by atoms with van der Waals surface area (Å²) in [6.07, 6.45) is 9.06. The first-order valence-corrected chi connectivity index (χ1v) is 12.4. The van der Waals surface area contributed by atoms with Gasteiger partial charge in [0, 0.05) is 18.0 Å². The highest BCUT2D eigenvalue weighted by Gasteiger charge is 2.39. The van der Waals surface area contributed by atoms with Crippen molar-refractivity contribution in [3.8, 4) is 23.3 Å². The lowest BCUT2D eigenvalue weighted by molar-refractivity contribution is 0.0661. The van der Waals surface area contributed by atoms with Crippen LogP contribution in [-0.4, -0.2) is 39.7 Å². The zero-order valence-corrected chi connectivity index (χ0v) is 19.3. The van der Waals surface area contributed by atoms with Crippen molar-refractivity contribution in [1.82, 2.24) is 14.5 Å². The second-order valence-corrected chi connectivity index (χ2v) is 10.6. The lowest BCUT2D eigenvalue weighted by Crippen LogP contribution is -2.43. The van der Waals surface area contributed by atoms with Gasteiger partial charge in [0.05, 0.1) is 16.1 Å². The van der Waals surface area contributed by atoms with Gasteiger partial charge in [-0.2, -0.15) is 0 Å². The average Bonchev–Trinajstić information content (AvgIpc) is 3.47. The number of hydrogen-bond donors (Lipinski definition) is 0. The minimum atomic E-state index is -0.0388. The monoisotopic (exact) mass is 445 g/mol. The molecule has 0 amide bonds. The molecule has 6 heteroatoms. The number of rotatable bonds is 3. The average molecular weight is 446 g/mol.